The maximum atomic E-state index is 13.0. The minimum atomic E-state index is -0.0181. The Balaban J connectivity index is 1.74. The molecule has 0 N–H and O–H groups in total. The van der Waals surface area contributed by atoms with Crippen LogP contribution in [0.5, 0.6) is 5.75 Å². The van der Waals surface area contributed by atoms with Gasteiger partial charge in [-0.2, -0.15) is 0 Å². The van der Waals surface area contributed by atoms with Crippen molar-refractivity contribution in [3.05, 3.63) is 54.1 Å². The van der Waals surface area contributed by atoms with Crippen molar-refractivity contribution in [2.45, 2.75) is 31.8 Å². The van der Waals surface area contributed by atoms with Crippen LogP contribution in [0.2, 0.25) is 0 Å². The third-order valence-electron chi connectivity index (χ3n) is 4.94. The van der Waals surface area contributed by atoms with Crippen molar-refractivity contribution in [1.29, 1.82) is 0 Å². The Morgan fingerprint density at radius 3 is 2.65 bits per heavy atom. The molecular weight excluding hydrogens is 326 g/mol. The molecule has 3 rings (SSSR count). The van der Waals surface area contributed by atoms with Crippen LogP contribution in [0.15, 0.2) is 48.5 Å². The highest BCUT2D eigenvalue weighted by Gasteiger charge is 2.20. The van der Waals surface area contributed by atoms with Gasteiger partial charge in [-0.15, -0.1) is 0 Å². The molecule has 1 amide bonds. The first kappa shape index (κ1) is 18.5. The summed E-state index contributed by atoms with van der Waals surface area (Å²) in [4.78, 5) is 14.8. The zero-order chi connectivity index (χ0) is 18.4. The fourth-order valence-corrected chi connectivity index (χ4v) is 3.37. The number of carbonyl (C=O) groups is 1. The average Bonchev–Trinajstić information content (AvgIpc) is 2.72. The van der Waals surface area contributed by atoms with Crippen molar-refractivity contribution < 1.29 is 14.3 Å². The second-order valence-corrected chi connectivity index (χ2v) is 6.79. The molecule has 1 aliphatic heterocycles. The quantitative estimate of drug-likeness (QED) is 0.773. The van der Waals surface area contributed by atoms with Crippen LogP contribution in [-0.4, -0.2) is 44.2 Å². The summed E-state index contributed by atoms with van der Waals surface area (Å²) in [5.74, 6) is 0.589. The molecule has 2 aromatic rings. The van der Waals surface area contributed by atoms with Crippen LogP contribution in [0.3, 0.4) is 0 Å². The number of amides is 1. The molecule has 0 bridgehead atoms. The van der Waals surface area contributed by atoms with Crippen molar-refractivity contribution in [3.63, 3.8) is 0 Å². The number of hydrogen-bond acceptors (Lipinski definition) is 3. The van der Waals surface area contributed by atoms with Crippen LogP contribution in [0.4, 0.5) is 0 Å². The van der Waals surface area contributed by atoms with E-state index in [1.807, 2.05) is 55.6 Å². The second-order valence-electron chi connectivity index (χ2n) is 6.79. The highest BCUT2D eigenvalue weighted by atomic mass is 16.5. The van der Waals surface area contributed by atoms with Gasteiger partial charge in [0.15, 0.2) is 0 Å². The lowest BCUT2D eigenvalue weighted by atomic mass is 10.0. The summed E-state index contributed by atoms with van der Waals surface area (Å²) in [7, 11) is 3.45. The molecule has 0 aliphatic carbocycles. The lowest BCUT2D eigenvalue weighted by Crippen LogP contribution is -2.31. The Morgan fingerprint density at radius 2 is 1.96 bits per heavy atom. The molecule has 0 spiro atoms. The van der Waals surface area contributed by atoms with E-state index in [0.717, 1.165) is 37.0 Å². The van der Waals surface area contributed by atoms with Crippen LogP contribution >= 0.6 is 0 Å². The predicted octanol–water partition coefficient (Wildman–Crippen LogP) is 4.39. The van der Waals surface area contributed by atoms with Crippen LogP contribution in [-0.2, 0) is 4.74 Å². The van der Waals surface area contributed by atoms with E-state index in [1.165, 1.54) is 6.42 Å². The number of rotatable bonds is 6. The first-order chi connectivity index (χ1) is 12.7. The third kappa shape index (κ3) is 4.44. The van der Waals surface area contributed by atoms with Crippen molar-refractivity contribution in [3.8, 4) is 16.9 Å². The maximum absolute atomic E-state index is 13.0. The lowest BCUT2D eigenvalue weighted by molar-refractivity contribution is 0.00707. The first-order valence-corrected chi connectivity index (χ1v) is 9.29. The Labute approximate surface area is 155 Å². The normalized spacial score (nSPS) is 16.9. The van der Waals surface area contributed by atoms with Crippen molar-refractivity contribution in [1.82, 2.24) is 4.90 Å². The maximum Gasteiger partial charge on any atom is 0.257 e. The molecule has 0 radical (unpaired) electrons. The van der Waals surface area contributed by atoms with E-state index in [4.69, 9.17) is 9.47 Å². The zero-order valence-electron chi connectivity index (χ0n) is 15.6. The molecule has 138 valence electrons. The second kappa shape index (κ2) is 8.86. The topological polar surface area (TPSA) is 38.8 Å². The number of hydrogen-bond donors (Lipinski definition) is 0. The van der Waals surface area contributed by atoms with E-state index in [9.17, 15) is 4.79 Å². The molecule has 1 saturated heterocycles. The molecule has 1 unspecified atom stereocenters. The molecule has 2 aromatic carbocycles. The van der Waals surface area contributed by atoms with Gasteiger partial charge in [0.05, 0.1) is 18.8 Å². The van der Waals surface area contributed by atoms with Gasteiger partial charge in [-0.3, -0.25) is 4.79 Å². The van der Waals surface area contributed by atoms with Crippen LogP contribution in [0.1, 0.15) is 36.0 Å². The number of methoxy groups -OCH3 is 1. The molecule has 1 aliphatic rings. The monoisotopic (exact) mass is 353 g/mol. The van der Waals surface area contributed by atoms with Crippen LogP contribution < -0.4 is 4.74 Å². The predicted molar refractivity (Wildman–Crippen MR) is 104 cm³/mol. The van der Waals surface area contributed by atoms with E-state index in [1.54, 1.807) is 12.0 Å². The van der Waals surface area contributed by atoms with Gasteiger partial charge in [0, 0.05) is 20.2 Å². The minimum absolute atomic E-state index is 0.0181. The first-order valence-electron chi connectivity index (χ1n) is 9.29. The van der Waals surface area contributed by atoms with Gasteiger partial charge in [0.2, 0.25) is 0 Å². The summed E-state index contributed by atoms with van der Waals surface area (Å²) in [5.41, 5.74) is 2.70. The summed E-state index contributed by atoms with van der Waals surface area (Å²) in [6, 6.07) is 15.8. The van der Waals surface area contributed by atoms with E-state index in [0.29, 0.717) is 17.9 Å². The number of benzene rings is 2. The molecule has 26 heavy (non-hydrogen) atoms. The molecular formula is C22H27NO3. The van der Waals surface area contributed by atoms with E-state index >= 15 is 0 Å². The summed E-state index contributed by atoms with van der Waals surface area (Å²) in [6.45, 7) is 1.53. The molecule has 4 nitrogen and oxygen atoms in total. The summed E-state index contributed by atoms with van der Waals surface area (Å²) in [6.07, 6.45) is 4.61. The van der Waals surface area contributed by atoms with Crippen LogP contribution in [0.25, 0.3) is 11.1 Å². The number of nitrogens with zero attached hydrogens (tertiary/aromatic N) is 1. The highest BCUT2D eigenvalue weighted by Crippen LogP contribution is 2.27. The van der Waals surface area contributed by atoms with E-state index < -0.39 is 0 Å². The molecule has 1 fully saturated rings. The summed E-state index contributed by atoms with van der Waals surface area (Å²) >= 11 is 0. The highest BCUT2D eigenvalue weighted by molar-refractivity contribution is 5.98. The van der Waals surface area contributed by atoms with Gasteiger partial charge < -0.3 is 14.4 Å². The van der Waals surface area contributed by atoms with Crippen LogP contribution in [0, 0.1) is 0 Å². The van der Waals surface area contributed by atoms with E-state index in [2.05, 4.69) is 0 Å². The fraction of sp³-hybridized carbons (Fsp3) is 0.409. The van der Waals surface area contributed by atoms with Gasteiger partial charge in [0.1, 0.15) is 5.75 Å². The Bertz CT molecular complexity index is 723. The summed E-state index contributed by atoms with van der Waals surface area (Å²) in [5, 5.41) is 0. The standard InChI is InChI=1S/C22H27NO3/c1-23(14-13-19-10-6-7-15-26-19)22(24)20-16-18(11-12-21(20)25-2)17-8-4-3-5-9-17/h3-5,8-9,11-12,16,19H,6-7,10,13-15H2,1-2H3. The SMILES string of the molecule is COc1ccc(-c2ccccc2)cc1C(=O)N(C)CCC1CCCCO1. The molecule has 4 heteroatoms. The van der Waals surface area contributed by atoms with Gasteiger partial charge in [-0.25, -0.2) is 0 Å². The van der Waals surface area contributed by atoms with Gasteiger partial charge in [-0.1, -0.05) is 36.4 Å². The molecule has 1 atom stereocenters. The Hall–Kier alpha value is -2.33. The van der Waals surface area contributed by atoms with Crippen molar-refractivity contribution in [2.75, 3.05) is 27.3 Å². The Morgan fingerprint density at radius 1 is 1.15 bits per heavy atom. The van der Waals surface area contributed by atoms with Gasteiger partial charge in [0.25, 0.3) is 5.91 Å². The van der Waals surface area contributed by atoms with Crippen molar-refractivity contribution in [2.24, 2.45) is 0 Å². The molecule has 0 aromatic heterocycles. The van der Waals surface area contributed by atoms with Gasteiger partial charge >= 0.3 is 0 Å². The smallest absolute Gasteiger partial charge is 0.257 e. The largest absolute Gasteiger partial charge is 0.496 e. The average molecular weight is 353 g/mol. The molecule has 1 heterocycles. The number of ether oxygens (including phenoxy) is 2. The summed E-state index contributed by atoms with van der Waals surface area (Å²) < 4.78 is 11.2. The molecule has 0 saturated carbocycles. The zero-order valence-corrected chi connectivity index (χ0v) is 15.6. The van der Waals surface area contributed by atoms with E-state index in [-0.39, 0.29) is 12.0 Å². The van der Waals surface area contributed by atoms with Crippen molar-refractivity contribution >= 4 is 5.91 Å². The minimum Gasteiger partial charge on any atom is -0.496 e. The van der Waals surface area contributed by atoms with Gasteiger partial charge in [-0.05, 0) is 48.9 Å². The lowest BCUT2D eigenvalue weighted by Gasteiger charge is -2.25. The fourth-order valence-electron chi connectivity index (χ4n) is 3.37. The Kier molecular flexibility index (Phi) is 6.29. The third-order valence-corrected chi connectivity index (χ3v) is 4.94. The number of carbonyl (C=O) groups excluding carboxylic acids is 1.